The zero-order valence-electron chi connectivity index (χ0n) is 13.9. The Balaban J connectivity index is 2.90. The van der Waals surface area contributed by atoms with Crippen molar-refractivity contribution < 1.29 is 8.42 Å². The van der Waals surface area contributed by atoms with E-state index in [0.29, 0.717) is 18.0 Å². The molecule has 0 bridgehead atoms. The van der Waals surface area contributed by atoms with Crippen LogP contribution in [0.2, 0.25) is 0 Å². The molecule has 2 N–H and O–H groups in total. The second kappa shape index (κ2) is 7.42. The lowest BCUT2D eigenvalue weighted by Gasteiger charge is -2.22. The van der Waals surface area contributed by atoms with Crippen LogP contribution in [0.3, 0.4) is 0 Å². The summed E-state index contributed by atoms with van der Waals surface area (Å²) in [5.41, 5.74) is 0.960. The predicted octanol–water partition coefficient (Wildman–Crippen LogP) is 2.33. The minimum absolute atomic E-state index is 0.0347. The van der Waals surface area contributed by atoms with Crippen LogP contribution in [0.25, 0.3) is 0 Å². The fourth-order valence-corrected chi connectivity index (χ4v) is 3.17. The zero-order chi connectivity index (χ0) is 16.1. The van der Waals surface area contributed by atoms with E-state index in [9.17, 15) is 8.42 Å². The highest BCUT2D eigenvalue weighted by Crippen LogP contribution is 2.20. The lowest BCUT2D eigenvalue weighted by atomic mass is 9.91. The Morgan fingerprint density at radius 2 is 1.90 bits per heavy atom. The van der Waals surface area contributed by atoms with E-state index in [4.69, 9.17) is 0 Å². The zero-order valence-corrected chi connectivity index (χ0v) is 14.7. The third-order valence-electron chi connectivity index (χ3n) is 3.87. The van der Waals surface area contributed by atoms with Crippen LogP contribution in [-0.4, -0.2) is 26.1 Å². The molecule has 1 aromatic rings. The molecule has 0 unspecified atom stereocenters. The van der Waals surface area contributed by atoms with E-state index in [0.717, 1.165) is 25.2 Å². The maximum Gasteiger partial charge on any atom is 0.242 e. The van der Waals surface area contributed by atoms with Crippen LogP contribution in [0.15, 0.2) is 17.2 Å². The molecule has 122 valence electrons. The predicted molar refractivity (Wildman–Crippen MR) is 86.7 cm³/mol. The Bertz CT molecular complexity index is 547. The lowest BCUT2D eigenvalue weighted by Crippen LogP contribution is -2.33. The molecule has 0 atom stereocenters. The number of rotatable bonds is 9. The third kappa shape index (κ3) is 5.13. The molecule has 6 heteroatoms. The number of aryl methyl sites for hydroxylation is 1. The summed E-state index contributed by atoms with van der Waals surface area (Å²) in [6.45, 7) is 13.0. The Labute approximate surface area is 129 Å². The van der Waals surface area contributed by atoms with Gasteiger partial charge in [0.15, 0.2) is 0 Å². The molecule has 5 nitrogen and oxygen atoms in total. The Morgan fingerprint density at radius 3 is 2.43 bits per heavy atom. The van der Waals surface area contributed by atoms with Crippen molar-refractivity contribution in [3.8, 4) is 0 Å². The van der Waals surface area contributed by atoms with Crippen molar-refractivity contribution in [1.29, 1.82) is 0 Å². The van der Waals surface area contributed by atoms with Crippen LogP contribution in [0.4, 0.5) is 0 Å². The Hall–Kier alpha value is -0.850. The monoisotopic (exact) mass is 315 g/mol. The van der Waals surface area contributed by atoms with E-state index in [2.05, 4.69) is 30.8 Å². The standard InChI is InChI=1S/C15H29N3O2S/c1-6-15(4,5)12-17-21(19,20)14-9-13(10-16-7-2)18(8-3)11-14/h9,11,16-17H,6-8,10,12H2,1-5H3. The van der Waals surface area contributed by atoms with Gasteiger partial charge in [0.25, 0.3) is 0 Å². The summed E-state index contributed by atoms with van der Waals surface area (Å²) in [5, 5.41) is 3.23. The maximum absolute atomic E-state index is 12.4. The van der Waals surface area contributed by atoms with Gasteiger partial charge in [-0.05, 0) is 31.4 Å². The second-order valence-electron chi connectivity index (χ2n) is 6.08. The molecule has 1 rings (SSSR count). The number of nitrogens with zero attached hydrogens (tertiary/aromatic N) is 1. The molecular weight excluding hydrogens is 286 g/mol. The van der Waals surface area contributed by atoms with E-state index in [1.54, 1.807) is 12.3 Å². The molecular formula is C15H29N3O2S. The van der Waals surface area contributed by atoms with Crippen LogP contribution in [0, 0.1) is 5.41 Å². The first-order valence-corrected chi connectivity index (χ1v) is 9.13. The van der Waals surface area contributed by atoms with Crippen LogP contribution < -0.4 is 10.0 Å². The first kappa shape index (κ1) is 18.2. The number of hydrogen-bond acceptors (Lipinski definition) is 3. The lowest BCUT2D eigenvalue weighted by molar-refractivity contribution is 0.350. The number of sulfonamides is 1. The van der Waals surface area contributed by atoms with E-state index in [-0.39, 0.29) is 5.41 Å². The summed E-state index contributed by atoms with van der Waals surface area (Å²) in [5.74, 6) is 0. The first-order valence-electron chi connectivity index (χ1n) is 7.65. The summed E-state index contributed by atoms with van der Waals surface area (Å²) in [7, 11) is -3.44. The van der Waals surface area contributed by atoms with Crippen molar-refractivity contribution in [3.05, 3.63) is 18.0 Å². The van der Waals surface area contributed by atoms with Gasteiger partial charge in [0.05, 0.1) is 4.90 Å². The highest BCUT2D eigenvalue weighted by molar-refractivity contribution is 7.89. The van der Waals surface area contributed by atoms with Crippen molar-refractivity contribution in [2.24, 2.45) is 5.41 Å². The van der Waals surface area contributed by atoms with Crippen molar-refractivity contribution >= 4 is 10.0 Å². The van der Waals surface area contributed by atoms with Crippen molar-refractivity contribution in [1.82, 2.24) is 14.6 Å². The van der Waals surface area contributed by atoms with Crippen LogP contribution >= 0.6 is 0 Å². The molecule has 21 heavy (non-hydrogen) atoms. The smallest absolute Gasteiger partial charge is 0.242 e. The highest BCUT2D eigenvalue weighted by atomic mass is 32.2. The summed E-state index contributed by atoms with van der Waals surface area (Å²) >= 11 is 0. The number of hydrogen-bond donors (Lipinski definition) is 2. The quantitative estimate of drug-likeness (QED) is 0.735. The minimum atomic E-state index is -3.44. The Morgan fingerprint density at radius 1 is 1.24 bits per heavy atom. The Kier molecular flexibility index (Phi) is 6.43. The molecule has 0 saturated heterocycles. The molecule has 0 saturated carbocycles. The van der Waals surface area contributed by atoms with E-state index in [1.807, 2.05) is 18.4 Å². The van der Waals surface area contributed by atoms with Gasteiger partial charge in [0.1, 0.15) is 0 Å². The molecule has 0 aliphatic rings. The summed E-state index contributed by atoms with van der Waals surface area (Å²) in [6, 6.07) is 1.76. The van der Waals surface area contributed by atoms with Crippen LogP contribution in [0.5, 0.6) is 0 Å². The summed E-state index contributed by atoms with van der Waals surface area (Å²) in [4.78, 5) is 0.351. The molecule has 0 aliphatic heterocycles. The number of aromatic nitrogens is 1. The van der Waals surface area contributed by atoms with Crippen molar-refractivity contribution in [2.45, 2.75) is 59.0 Å². The average Bonchev–Trinajstić information content (AvgIpc) is 2.87. The minimum Gasteiger partial charge on any atom is -0.349 e. The molecule has 1 aromatic heterocycles. The third-order valence-corrected chi connectivity index (χ3v) is 5.23. The van der Waals surface area contributed by atoms with Gasteiger partial charge < -0.3 is 9.88 Å². The summed E-state index contributed by atoms with van der Waals surface area (Å²) in [6.07, 6.45) is 2.64. The normalized spacial score (nSPS) is 12.8. The van der Waals surface area contributed by atoms with Crippen molar-refractivity contribution in [2.75, 3.05) is 13.1 Å². The number of nitrogens with one attached hydrogen (secondary N) is 2. The molecule has 0 spiro atoms. The van der Waals surface area contributed by atoms with Gasteiger partial charge in [0, 0.05) is 31.5 Å². The molecule has 0 fully saturated rings. The highest BCUT2D eigenvalue weighted by Gasteiger charge is 2.22. The van der Waals surface area contributed by atoms with Gasteiger partial charge in [-0.15, -0.1) is 0 Å². The fourth-order valence-electron chi connectivity index (χ4n) is 1.87. The fraction of sp³-hybridized carbons (Fsp3) is 0.733. The van der Waals surface area contributed by atoms with Gasteiger partial charge in [0.2, 0.25) is 10.0 Å². The summed E-state index contributed by atoms with van der Waals surface area (Å²) < 4.78 is 29.5. The van der Waals surface area contributed by atoms with Crippen LogP contribution in [0.1, 0.15) is 46.7 Å². The van der Waals surface area contributed by atoms with Crippen LogP contribution in [-0.2, 0) is 23.1 Å². The van der Waals surface area contributed by atoms with Gasteiger partial charge in [-0.2, -0.15) is 0 Å². The SMILES string of the molecule is CCNCc1cc(S(=O)(=O)NCC(C)(C)CC)cn1CC. The molecule has 0 radical (unpaired) electrons. The van der Waals surface area contributed by atoms with Gasteiger partial charge in [-0.3, -0.25) is 0 Å². The second-order valence-corrected chi connectivity index (χ2v) is 7.84. The maximum atomic E-state index is 12.4. The van der Waals surface area contributed by atoms with E-state index in [1.165, 1.54) is 0 Å². The molecule has 0 amide bonds. The average molecular weight is 315 g/mol. The first-order chi connectivity index (χ1) is 9.75. The molecule has 0 aliphatic carbocycles. The van der Waals surface area contributed by atoms with E-state index >= 15 is 0 Å². The van der Waals surface area contributed by atoms with Gasteiger partial charge in [-0.25, -0.2) is 13.1 Å². The van der Waals surface area contributed by atoms with Gasteiger partial charge >= 0.3 is 0 Å². The van der Waals surface area contributed by atoms with E-state index < -0.39 is 10.0 Å². The topological polar surface area (TPSA) is 63.1 Å². The largest absolute Gasteiger partial charge is 0.349 e. The molecule has 0 aromatic carbocycles. The van der Waals surface area contributed by atoms with Crippen molar-refractivity contribution in [3.63, 3.8) is 0 Å². The molecule has 1 heterocycles. The van der Waals surface area contributed by atoms with Gasteiger partial charge in [-0.1, -0.05) is 27.7 Å².